The van der Waals surface area contributed by atoms with Gasteiger partial charge in [-0.2, -0.15) is 0 Å². The van der Waals surface area contributed by atoms with Crippen LogP contribution < -0.4 is 0 Å². The Balaban J connectivity index is 2.35. The number of rotatable bonds is 7. The molecule has 2 saturated heterocycles. The molecule has 0 radical (unpaired) electrons. The van der Waals surface area contributed by atoms with Crippen LogP contribution in [0, 0.1) is 5.92 Å². The van der Waals surface area contributed by atoms with Crippen LogP contribution in [0.1, 0.15) is 20.3 Å². The van der Waals surface area contributed by atoms with E-state index in [0.29, 0.717) is 0 Å². The normalized spacial score (nSPS) is 45.6. The van der Waals surface area contributed by atoms with Crippen LogP contribution in [0.3, 0.4) is 0 Å². The topological polar surface area (TPSA) is 207 Å². The molecule has 0 spiro atoms. The van der Waals surface area contributed by atoms with E-state index in [2.05, 4.69) is 0 Å². The summed E-state index contributed by atoms with van der Waals surface area (Å²) in [6.45, 7) is 1.40. The van der Waals surface area contributed by atoms with Crippen molar-refractivity contribution in [2.75, 3.05) is 13.2 Å². The van der Waals surface area contributed by atoms with Crippen molar-refractivity contribution >= 4 is 5.97 Å². The third-order valence-corrected chi connectivity index (χ3v) is 5.60. The van der Waals surface area contributed by atoms with E-state index in [9.17, 15) is 40.5 Å². The van der Waals surface area contributed by atoms with Crippen LogP contribution in [0.25, 0.3) is 0 Å². The van der Waals surface area contributed by atoms with Gasteiger partial charge in [-0.3, -0.25) is 0 Å². The molecular formula is C17H30O12. The highest BCUT2D eigenvalue weighted by Crippen LogP contribution is 2.39. The van der Waals surface area contributed by atoms with E-state index in [1.54, 1.807) is 0 Å². The molecule has 11 atom stereocenters. The molecule has 8 N–H and O–H groups in total. The first-order chi connectivity index (χ1) is 13.5. The Hall–Kier alpha value is -0.930. The molecule has 12 heteroatoms. The zero-order valence-electron chi connectivity index (χ0n) is 16.1. The predicted molar refractivity (Wildman–Crippen MR) is 92.4 cm³/mol. The highest BCUT2D eigenvalue weighted by molar-refractivity contribution is 5.76. The van der Waals surface area contributed by atoms with Crippen molar-refractivity contribution in [3.05, 3.63) is 0 Å². The van der Waals surface area contributed by atoms with E-state index in [0.717, 1.165) is 0 Å². The summed E-state index contributed by atoms with van der Waals surface area (Å²) >= 11 is 0. The Bertz CT molecular complexity index is 559. The van der Waals surface area contributed by atoms with Crippen molar-refractivity contribution in [1.29, 1.82) is 0 Å². The Morgan fingerprint density at radius 3 is 2.31 bits per heavy atom. The van der Waals surface area contributed by atoms with Gasteiger partial charge in [0, 0.05) is 12.3 Å². The van der Waals surface area contributed by atoms with E-state index >= 15 is 0 Å². The van der Waals surface area contributed by atoms with E-state index in [1.807, 2.05) is 0 Å². The van der Waals surface area contributed by atoms with Crippen molar-refractivity contribution in [3.63, 3.8) is 0 Å². The molecule has 0 amide bonds. The number of hydrogen-bond acceptors (Lipinski definition) is 11. The molecule has 170 valence electrons. The second-order valence-corrected chi connectivity index (χ2v) is 7.64. The molecule has 2 aliphatic heterocycles. The summed E-state index contributed by atoms with van der Waals surface area (Å²) in [5.74, 6) is -5.12. The van der Waals surface area contributed by atoms with Gasteiger partial charge in [-0.05, 0) is 6.92 Å². The van der Waals surface area contributed by atoms with Crippen LogP contribution in [0.5, 0.6) is 0 Å². The largest absolute Gasteiger partial charge is 0.477 e. The maximum Gasteiger partial charge on any atom is 0.364 e. The second kappa shape index (κ2) is 9.47. The quantitative estimate of drug-likeness (QED) is 0.197. The molecule has 2 aliphatic rings. The predicted octanol–water partition coefficient (Wildman–Crippen LogP) is -3.85. The highest BCUT2D eigenvalue weighted by atomic mass is 16.7. The van der Waals surface area contributed by atoms with E-state index in [4.69, 9.17) is 19.3 Å². The number of hydrogen-bond donors (Lipinski definition) is 8. The second-order valence-electron chi connectivity index (χ2n) is 7.64. The van der Waals surface area contributed by atoms with Crippen LogP contribution in [0.15, 0.2) is 0 Å². The Kier molecular flexibility index (Phi) is 7.95. The van der Waals surface area contributed by atoms with Crippen molar-refractivity contribution < 1.29 is 59.9 Å². The molecule has 29 heavy (non-hydrogen) atoms. The summed E-state index contributed by atoms with van der Waals surface area (Å²) in [4.78, 5) is 12.1. The summed E-state index contributed by atoms with van der Waals surface area (Å²) in [5, 5.41) is 79.1. The van der Waals surface area contributed by atoms with Gasteiger partial charge in [0.15, 0.2) is 0 Å². The van der Waals surface area contributed by atoms with Crippen molar-refractivity contribution in [3.8, 4) is 0 Å². The molecule has 3 unspecified atom stereocenters. The first-order valence-electron chi connectivity index (χ1n) is 9.35. The molecule has 0 aromatic carbocycles. The van der Waals surface area contributed by atoms with E-state index in [1.165, 1.54) is 13.8 Å². The number of aliphatic hydroxyl groups excluding tert-OH is 7. The fourth-order valence-electron chi connectivity index (χ4n) is 3.67. The molecule has 0 aliphatic carbocycles. The number of aliphatic hydroxyl groups is 7. The van der Waals surface area contributed by atoms with E-state index in [-0.39, 0.29) is 0 Å². The number of carbonyl (C=O) groups is 1. The molecule has 0 bridgehead atoms. The van der Waals surface area contributed by atoms with Gasteiger partial charge in [0.05, 0.1) is 31.5 Å². The lowest BCUT2D eigenvalue weighted by Gasteiger charge is -2.49. The van der Waals surface area contributed by atoms with Gasteiger partial charge < -0.3 is 55.1 Å². The van der Waals surface area contributed by atoms with Crippen LogP contribution in [-0.2, 0) is 19.0 Å². The molecule has 0 aromatic heterocycles. The molecule has 2 heterocycles. The molecule has 0 aromatic rings. The first-order valence-corrected chi connectivity index (χ1v) is 9.35. The molecular weight excluding hydrogens is 396 g/mol. The molecule has 2 rings (SSSR count). The third-order valence-electron chi connectivity index (χ3n) is 5.60. The zero-order valence-corrected chi connectivity index (χ0v) is 16.1. The van der Waals surface area contributed by atoms with Gasteiger partial charge in [0.2, 0.25) is 0 Å². The standard InChI is InChI=1S/C17H30O12/c1-6-8(20)3-17(16(25)26,28-14(6)12(23)9(21)4-18)29-15-10(5-19)27-7(2)11(22)13(15)24/h6-15,18-24H,3-5H2,1-2H3,(H,25,26)/t6-,7+,8-,9-,10?,11?,12-,13-,14?,15-,17+/m1/s1. The summed E-state index contributed by atoms with van der Waals surface area (Å²) in [7, 11) is 0. The van der Waals surface area contributed by atoms with Gasteiger partial charge in [-0.1, -0.05) is 6.92 Å². The van der Waals surface area contributed by atoms with Crippen LogP contribution >= 0.6 is 0 Å². The summed E-state index contributed by atoms with van der Waals surface area (Å²) in [6.07, 6.45) is -13.5. The summed E-state index contributed by atoms with van der Waals surface area (Å²) in [6, 6.07) is 0. The Morgan fingerprint density at radius 1 is 1.17 bits per heavy atom. The summed E-state index contributed by atoms with van der Waals surface area (Å²) < 4.78 is 16.3. The van der Waals surface area contributed by atoms with Crippen molar-refractivity contribution in [1.82, 2.24) is 0 Å². The average Bonchev–Trinajstić information content (AvgIpc) is 2.69. The molecule has 12 nitrogen and oxygen atoms in total. The van der Waals surface area contributed by atoms with Crippen LogP contribution in [0.4, 0.5) is 0 Å². The lowest BCUT2D eigenvalue weighted by molar-refractivity contribution is -0.357. The van der Waals surface area contributed by atoms with Gasteiger partial charge in [0.1, 0.15) is 36.6 Å². The zero-order chi connectivity index (χ0) is 22.1. The molecule has 2 fully saturated rings. The van der Waals surface area contributed by atoms with Crippen LogP contribution in [0.2, 0.25) is 0 Å². The van der Waals surface area contributed by atoms with Crippen molar-refractivity contribution in [2.24, 2.45) is 5.92 Å². The maximum atomic E-state index is 12.1. The number of aliphatic carboxylic acids is 1. The number of carboxylic acid groups (broad SMARTS) is 1. The first kappa shape index (κ1) is 24.3. The lowest BCUT2D eigenvalue weighted by Crippen LogP contribution is -2.66. The number of carboxylic acids is 1. The maximum absolute atomic E-state index is 12.1. The number of ether oxygens (including phenoxy) is 3. The minimum atomic E-state index is -2.59. The fraction of sp³-hybridized carbons (Fsp3) is 0.941. The summed E-state index contributed by atoms with van der Waals surface area (Å²) in [5.41, 5.74) is 0. The fourth-order valence-corrected chi connectivity index (χ4v) is 3.67. The van der Waals surface area contributed by atoms with Crippen LogP contribution in [-0.4, -0.2) is 121 Å². The minimum Gasteiger partial charge on any atom is -0.477 e. The third kappa shape index (κ3) is 4.71. The smallest absolute Gasteiger partial charge is 0.364 e. The minimum absolute atomic E-state index is 0.602. The highest BCUT2D eigenvalue weighted by Gasteiger charge is 2.57. The average molecular weight is 426 g/mol. The monoisotopic (exact) mass is 426 g/mol. The Labute approximate surface area is 166 Å². The lowest BCUT2D eigenvalue weighted by atomic mass is 9.84. The van der Waals surface area contributed by atoms with E-state index < -0.39 is 92.2 Å². The molecule has 0 saturated carbocycles. The van der Waals surface area contributed by atoms with Gasteiger partial charge in [-0.15, -0.1) is 0 Å². The van der Waals surface area contributed by atoms with Gasteiger partial charge in [0.25, 0.3) is 5.79 Å². The van der Waals surface area contributed by atoms with Crippen molar-refractivity contribution in [2.45, 2.75) is 81.0 Å². The van der Waals surface area contributed by atoms with Gasteiger partial charge in [-0.25, -0.2) is 4.79 Å². The Morgan fingerprint density at radius 2 is 1.79 bits per heavy atom. The van der Waals surface area contributed by atoms with Gasteiger partial charge >= 0.3 is 5.97 Å². The SMILES string of the molecule is C[C@@H]1OC(CO)[C@@H](O[C@]2(C(=O)O)C[C@@H](O)[C@@H](C)C([C@H](O)[C@H](O)CO)O2)[C@H](O)C1O.